The quantitative estimate of drug-likeness (QED) is 0.526. The number of rotatable bonds is 7. The molecule has 0 aliphatic heterocycles. The topological polar surface area (TPSA) is 70.2 Å². The number of urea groups is 1. The van der Waals surface area contributed by atoms with Crippen molar-refractivity contribution in [2.45, 2.75) is 10.6 Å². The Kier molecular flexibility index (Phi) is 7.21. The van der Waals surface area contributed by atoms with Gasteiger partial charge in [0.2, 0.25) is 5.91 Å². The van der Waals surface area contributed by atoms with Gasteiger partial charge in [0.15, 0.2) is 0 Å². The predicted molar refractivity (Wildman–Crippen MR) is 99.2 cm³/mol. The predicted octanol–water partition coefficient (Wildman–Crippen LogP) is 2.91. The fourth-order valence-corrected chi connectivity index (χ4v) is 3.50. The van der Waals surface area contributed by atoms with Crippen molar-refractivity contribution in [2.24, 2.45) is 0 Å². The number of para-hydroxylation sites is 1. The molecule has 0 saturated heterocycles. The van der Waals surface area contributed by atoms with Gasteiger partial charge in [-0.3, -0.25) is 4.79 Å². The second-order valence-corrected chi connectivity index (χ2v) is 6.50. The minimum absolute atomic E-state index is 0.127. The van der Waals surface area contributed by atoms with Gasteiger partial charge in [0.05, 0.1) is 18.8 Å². The van der Waals surface area contributed by atoms with Crippen LogP contribution in [-0.4, -0.2) is 25.0 Å². The molecular formula is C17H17N3O2S2. The van der Waals surface area contributed by atoms with Crippen LogP contribution >= 0.6 is 23.1 Å². The first-order chi connectivity index (χ1) is 11.7. The average Bonchev–Trinajstić information content (AvgIpc) is 3.11. The van der Waals surface area contributed by atoms with Gasteiger partial charge in [-0.2, -0.15) is 11.3 Å². The van der Waals surface area contributed by atoms with Crippen LogP contribution in [0.3, 0.4) is 0 Å². The summed E-state index contributed by atoms with van der Waals surface area (Å²) in [5.41, 5.74) is 1.95. The molecule has 0 saturated carbocycles. The molecule has 124 valence electrons. The number of carbonyl (C=O) groups is 2. The average molecular weight is 359 g/mol. The Balaban J connectivity index is 1.86. The van der Waals surface area contributed by atoms with Crippen molar-refractivity contribution < 1.29 is 9.59 Å². The van der Waals surface area contributed by atoms with E-state index in [0.717, 1.165) is 10.6 Å². The zero-order chi connectivity index (χ0) is 17.2. The number of hydrogen-bond donors (Lipinski definition) is 3. The summed E-state index contributed by atoms with van der Waals surface area (Å²) in [6.45, 7) is 0.0158. The van der Waals surface area contributed by atoms with Gasteiger partial charge < -0.3 is 16.0 Å². The van der Waals surface area contributed by atoms with E-state index in [4.69, 9.17) is 6.42 Å². The van der Waals surface area contributed by atoms with Gasteiger partial charge in [-0.15, -0.1) is 18.2 Å². The first kappa shape index (κ1) is 17.9. The van der Waals surface area contributed by atoms with E-state index in [0.29, 0.717) is 5.69 Å². The van der Waals surface area contributed by atoms with Crippen molar-refractivity contribution in [3.8, 4) is 12.3 Å². The Hall–Kier alpha value is -2.43. The van der Waals surface area contributed by atoms with Crippen molar-refractivity contribution in [2.75, 3.05) is 18.4 Å². The number of thioether (sulfide) groups is 1. The van der Waals surface area contributed by atoms with Gasteiger partial charge in [-0.05, 0) is 34.5 Å². The van der Waals surface area contributed by atoms with E-state index in [1.54, 1.807) is 23.1 Å². The molecule has 1 aromatic heterocycles. The molecule has 5 nitrogen and oxygen atoms in total. The Morgan fingerprint density at radius 2 is 2.04 bits per heavy atom. The summed E-state index contributed by atoms with van der Waals surface area (Å²) in [5.74, 6) is 2.80. The fourth-order valence-electron chi connectivity index (χ4n) is 1.77. The zero-order valence-corrected chi connectivity index (χ0v) is 14.5. The molecule has 0 radical (unpaired) electrons. The van der Waals surface area contributed by atoms with Crippen LogP contribution < -0.4 is 16.0 Å². The lowest BCUT2D eigenvalue weighted by Crippen LogP contribution is -2.39. The minimum Gasteiger partial charge on any atom is -0.344 e. The number of hydrogen-bond acceptors (Lipinski definition) is 4. The number of nitrogens with one attached hydrogen (secondary N) is 3. The molecule has 24 heavy (non-hydrogen) atoms. The lowest BCUT2D eigenvalue weighted by molar-refractivity contribution is -0.119. The van der Waals surface area contributed by atoms with Gasteiger partial charge in [0.1, 0.15) is 0 Å². The Morgan fingerprint density at radius 3 is 2.79 bits per heavy atom. The van der Waals surface area contributed by atoms with E-state index in [1.165, 1.54) is 5.56 Å². The molecule has 2 rings (SSSR count). The third-order valence-electron chi connectivity index (χ3n) is 2.91. The van der Waals surface area contributed by atoms with Gasteiger partial charge >= 0.3 is 6.03 Å². The monoisotopic (exact) mass is 359 g/mol. The number of anilines is 1. The van der Waals surface area contributed by atoms with Crippen LogP contribution in [0.1, 0.15) is 5.56 Å². The van der Waals surface area contributed by atoms with Crippen molar-refractivity contribution >= 4 is 40.7 Å². The molecule has 0 bridgehead atoms. The third kappa shape index (κ3) is 5.99. The van der Waals surface area contributed by atoms with Crippen molar-refractivity contribution in [3.63, 3.8) is 0 Å². The first-order valence-corrected chi connectivity index (χ1v) is 9.10. The molecular weight excluding hydrogens is 342 g/mol. The van der Waals surface area contributed by atoms with E-state index in [9.17, 15) is 9.59 Å². The van der Waals surface area contributed by atoms with E-state index in [-0.39, 0.29) is 19.0 Å². The number of carbonyl (C=O) groups excluding carboxylic acids is 2. The standard InChI is InChI=1S/C17H17N3O2S2/c1-2-8-18-16(21)10-19-17(22)20-14-5-3-4-6-15(14)24-12-13-7-9-23-11-13/h1,3-7,9,11H,8,10,12H2,(H,18,21)(H2,19,20,22). The number of amides is 3. The van der Waals surface area contributed by atoms with E-state index >= 15 is 0 Å². The lowest BCUT2D eigenvalue weighted by atomic mass is 10.3. The molecule has 0 atom stereocenters. The molecule has 0 aliphatic carbocycles. The van der Waals surface area contributed by atoms with Crippen LogP contribution in [-0.2, 0) is 10.5 Å². The largest absolute Gasteiger partial charge is 0.344 e. The summed E-state index contributed by atoms with van der Waals surface area (Å²) in [6, 6.07) is 9.19. The third-order valence-corrected chi connectivity index (χ3v) is 4.78. The van der Waals surface area contributed by atoms with Crippen molar-refractivity contribution in [1.29, 1.82) is 0 Å². The summed E-state index contributed by atoms with van der Waals surface area (Å²) in [7, 11) is 0. The minimum atomic E-state index is -0.436. The van der Waals surface area contributed by atoms with Crippen molar-refractivity contribution in [1.82, 2.24) is 10.6 Å². The second kappa shape index (κ2) is 9.65. The highest BCUT2D eigenvalue weighted by atomic mass is 32.2. The summed E-state index contributed by atoms with van der Waals surface area (Å²) in [6.07, 6.45) is 5.05. The lowest BCUT2D eigenvalue weighted by Gasteiger charge is -2.11. The molecule has 1 heterocycles. The van der Waals surface area contributed by atoms with Crippen LogP contribution in [0.5, 0.6) is 0 Å². The van der Waals surface area contributed by atoms with E-state index < -0.39 is 6.03 Å². The highest BCUT2D eigenvalue weighted by Gasteiger charge is 2.08. The van der Waals surface area contributed by atoms with Gasteiger partial charge in [0.25, 0.3) is 0 Å². The SMILES string of the molecule is C#CCNC(=O)CNC(=O)Nc1ccccc1SCc1ccsc1. The zero-order valence-electron chi connectivity index (χ0n) is 12.9. The number of terminal acetylenes is 1. The van der Waals surface area contributed by atoms with Crippen LogP contribution in [0.2, 0.25) is 0 Å². The summed E-state index contributed by atoms with van der Waals surface area (Å²) < 4.78 is 0. The molecule has 3 amide bonds. The Labute approximate surface area is 149 Å². The Morgan fingerprint density at radius 1 is 1.21 bits per heavy atom. The summed E-state index contributed by atoms with van der Waals surface area (Å²) in [5, 5.41) is 11.9. The van der Waals surface area contributed by atoms with Gasteiger partial charge in [-0.25, -0.2) is 4.79 Å². The second-order valence-electron chi connectivity index (χ2n) is 4.70. The highest BCUT2D eigenvalue weighted by Crippen LogP contribution is 2.30. The van der Waals surface area contributed by atoms with Gasteiger partial charge in [-0.1, -0.05) is 18.1 Å². The molecule has 2 aromatic rings. The van der Waals surface area contributed by atoms with Crippen LogP contribution in [0, 0.1) is 12.3 Å². The van der Waals surface area contributed by atoms with E-state index in [1.807, 2.05) is 29.6 Å². The normalized spacial score (nSPS) is 9.79. The molecule has 3 N–H and O–H groups in total. The molecule has 1 aromatic carbocycles. The maximum atomic E-state index is 11.9. The molecule has 0 spiro atoms. The number of benzene rings is 1. The maximum Gasteiger partial charge on any atom is 0.319 e. The smallest absolute Gasteiger partial charge is 0.319 e. The van der Waals surface area contributed by atoms with Crippen molar-refractivity contribution in [3.05, 3.63) is 46.7 Å². The van der Waals surface area contributed by atoms with Gasteiger partial charge in [0, 0.05) is 10.6 Å². The summed E-state index contributed by atoms with van der Waals surface area (Å²) >= 11 is 3.31. The molecule has 7 heteroatoms. The molecule has 0 aliphatic rings. The van der Waals surface area contributed by atoms with Crippen LogP contribution in [0.15, 0.2) is 46.0 Å². The maximum absolute atomic E-state index is 11.9. The first-order valence-electron chi connectivity index (χ1n) is 7.17. The van der Waals surface area contributed by atoms with Crippen LogP contribution in [0.25, 0.3) is 0 Å². The Bertz CT molecular complexity index is 724. The molecule has 0 fully saturated rings. The fraction of sp³-hybridized carbons (Fsp3) is 0.176. The highest BCUT2D eigenvalue weighted by molar-refractivity contribution is 7.98. The number of thiophene rings is 1. The summed E-state index contributed by atoms with van der Waals surface area (Å²) in [4.78, 5) is 24.3. The van der Waals surface area contributed by atoms with Crippen LogP contribution in [0.4, 0.5) is 10.5 Å². The van der Waals surface area contributed by atoms with E-state index in [2.05, 4.69) is 33.3 Å². The molecule has 0 unspecified atom stereocenters.